The van der Waals surface area contributed by atoms with E-state index < -0.39 is 11.7 Å². The Kier molecular flexibility index (Phi) is 4.86. The maximum atomic E-state index is 13.0. The van der Waals surface area contributed by atoms with Crippen molar-refractivity contribution >= 4 is 5.91 Å². The Hall–Kier alpha value is -2.24. The standard InChI is InChI=1S/C20H23F3N2O/c1-13-14(2)18(19(26)24-9-4-5-10-24)25(15(13)3)12-16-7-6-8-17(11-16)20(21,22)23/h6-8,11H,4-5,9-10,12H2,1-3H3. The summed E-state index contributed by atoms with van der Waals surface area (Å²) < 4.78 is 40.9. The second-order valence-electron chi connectivity index (χ2n) is 6.97. The van der Waals surface area contributed by atoms with E-state index in [2.05, 4.69) is 0 Å². The van der Waals surface area contributed by atoms with E-state index in [-0.39, 0.29) is 12.5 Å². The summed E-state index contributed by atoms with van der Waals surface area (Å²) in [4.78, 5) is 14.8. The van der Waals surface area contributed by atoms with E-state index in [1.807, 2.05) is 30.2 Å². The van der Waals surface area contributed by atoms with Gasteiger partial charge in [0.2, 0.25) is 0 Å². The SMILES string of the molecule is Cc1c(C)c(C(=O)N2CCCC2)n(Cc2cccc(C(F)(F)F)c2)c1C. The lowest BCUT2D eigenvalue weighted by atomic mass is 10.1. The first-order chi connectivity index (χ1) is 12.2. The van der Waals surface area contributed by atoms with Crippen molar-refractivity contribution in [3.05, 3.63) is 57.9 Å². The Morgan fingerprint density at radius 2 is 1.73 bits per heavy atom. The summed E-state index contributed by atoms with van der Waals surface area (Å²) in [5, 5.41) is 0. The van der Waals surface area contributed by atoms with Crippen LogP contribution in [0.3, 0.4) is 0 Å². The van der Waals surface area contributed by atoms with E-state index in [0.717, 1.165) is 54.9 Å². The molecule has 2 heterocycles. The molecule has 0 atom stereocenters. The van der Waals surface area contributed by atoms with Crippen LogP contribution in [0, 0.1) is 20.8 Å². The number of alkyl halides is 3. The lowest BCUT2D eigenvalue weighted by molar-refractivity contribution is -0.137. The van der Waals surface area contributed by atoms with Crippen LogP contribution in [-0.2, 0) is 12.7 Å². The number of amides is 1. The van der Waals surface area contributed by atoms with Gasteiger partial charge in [0.1, 0.15) is 5.69 Å². The number of benzene rings is 1. The van der Waals surface area contributed by atoms with Gasteiger partial charge < -0.3 is 9.47 Å². The minimum absolute atomic E-state index is 0.0248. The molecule has 1 aromatic heterocycles. The van der Waals surface area contributed by atoms with Crippen LogP contribution in [0.4, 0.5) is 13.2 Å². The second kappa shape index (κ2) is 6.82. The third-order valence-electron chi connectivity index (χ3n) is 5.33. The molecule has 3 rings (SSSR count). The molecule has 1 fully saturated rings. The topological polar surface area (TPSA) is 25.2 Å². The summed E-state index contributed by atoms with van der Waals surface area (Å²) in [6.07, 6.45) is -2.38. The number of hydrogen-bond donors (Lipinski definition) is 0. The van der Waals surface area contributed by atoms with Gasteiger partial charge in [-0.25, -0.2) is 0 Å². The van der Waals surface area contributed by atoms with Crippen molar-refractivity contribution in [2.75, 3.05) is 13.1 Å². The summed E-state index contributed by atoms with van der Waals surface area (Å²) in [6.45, 7) is 7.51. The smallest absolute Gasteiger partial charge is 0.337 e. The lowest BCUT2D eigenvalue weighted by Gasteiger charge is -2.19. The highest BCUT2D eigenvalue weighted by Gasteiger charge is 2.31. The Morgan fingerprint density at radius 1 is 1.08 bits per heavy atom. The van der Waals surface area contributed by atoms with Crippen LogP contribution in [0.5, 0.6) is 0 Å². The van der Waals surface area contributed by atoms with E-state index in [0.29, 0.717) is 11.3 Å². The molecule has 0 radical (unpaired) electrons. The van der Waals surface area contributed by atoms with Crippen LogP contribution in [-0.4, -0.2) is 28.5 Å². The fraction of sp³-hybridized carbons (Fsp3) is 0.450. The maximum absolute atomic E-state index is 13.0. The van der Waals surface area contributed by atoms with Crippen LogP contribution in [0.2, 0.25) is 0 Å². The quantitative estimate of drug-likeness (QED) is 0.774. The molecule has 0 aliphatic carbocycles. The van der Waals surface area contributed by atoms with Crippen LogP contribution in [0.15, 0.2) is 24.3 Å². The molecule has 1 aromatic carbocycles. The molecule has 1 aliphatic rings. The predicted molar refractivity (Wildman–Crippen MR) is 94.3 cm³/mol. The van der Waals surface area contributed by atoms with Crippen LogP contribution < -0.4 is 0 Å². The van der Waals surface area contributed by atoms with Gasteiger partial charge in [-0.05, 0) is 62.4 Å². The van der Waals surface area contributed by atoms with E-state index in [1.54, 1.807) is 6.07 Å². The molecule has 26 heavy (non-hydrogen) atoms. The highest BCUT2D eigenvalue weighted by atomic mass is 19.4. The van der Waals surface area contributed by atoms with Gasteiger partial charge >= 0.3 is 6.18 Å². The van der Waals surface area contributed by atoms with E-state index in [1.165, 1.54) is 6.07 Å². The molecule has 1 saturated heterocycles. The van der Waals surface area contributed by atoms with E-state index >= 15 is 0 Å². The fourth-order valence-electron chi connectivity index (χ4n) is 3.59. The van der Waals surface area contributed by atoms with Crippen molar-refractivity contribution in [3.8, 4) is 0 Å². The molecule has 2 aromatic rings. The highest BCUT2D eigenvalue weighted by molar-refractivity contribution is 5.95. The van der Waals surface area contributed by atoms with Crippen molar-refractivity contribution < 1.29 is 18.0 Å². The number of carbonyl (C=O) groups excluding carboxylic acids is 1. The van der Waals surface area contributed by atoms with Crippen LogP contribution >= 0.6 is 0 Å². The van der Waals surface area contributed by atoms with E-state index in [9.17, 15) is 18.0 Å². The van der Waals surface area contributed by atoms with Crippen molar-refractivity contribution in [2.24, 2.45) is 0 Å². The van der Waals surface area contributed by atoms with Gasteiger partial charge in [0, 0.05) is 25.3 Å². The lowest BCUT2D eigenvalue weighted by Crippen LogP contribution is -2.30. The minimum atomic E-state index is -4.37. The zero-order valence-corrected chi connectivity index (χ0v) is 15.3. The van der Waals surface area contributed by atoms with Gasteiger partial charge in [0.25, 0.3) is 5.91 Å². The minimum Gasteiger partial charge on any atom is -0.337 e. The number of nitrogens with zero attached hydrogens (tertiary/aromatic N) is 2. The number of rotatable bonds is 3. The molecule has 0 bridgehead atoms. The number of carbonyl (C=O) groups is 1. The van der Waals surface area contributed by atoms with Crippen LogP contribution in [0.1, 0.15) is 51.3 Å². The normalized spacial score (nSPS) is 14.9. The first kappa shape index (κ1) is 18.5. The zero-order chi connectivity index (χ0) is 19.1. The zero-order valence-electron chi connectivity index (χ0n) is 15.3. The van der Waals surface area contributed by atoms with Gasteiger partial charge in [0.15, 0.2) is 0 Å². The average Bonchev–Trinajstić information content (AvgIpc) is 3.19. The highest BCUT2D eigenvalue weighted by Crippen LogP contribution is 2.30. The predicted octanol–water partition coefficient (Wildman–Crippen LogP) is 4.72. The summed E-state index contributed by atoms with van der Waals surface area (Å²) >= 11 is 0. The van der Waals surface area contributed by atoms with Gasteiger partial charge in [-0.1, -0.05) is 12.1 Å². The van der Waals surface area contributed by atoms with Crippen molar-refractivity contribution in [1.82, 2.24) is 9.47 Å². The largest absolute Gasteiger partial charge is 0.416 e. The van der Waals surface area contributed by atoms with Gasteiger partial charge in [-0.15, -0.1) is 0 Å². The van der Waals surface area contributed by atoms with Gasteiger partial charge in [0.05, 0.1) is 5.56 Å². The molecule has 1 amide bonds. The monoisotopic (exact) mass is 364 g/mol. The number of hydrogen-bond acceptors (Lipinski definition) is 1. The summed E-state index contributed by atoms with van der Waals surface area (Å²) in [7, 11) is 0. The maximum Gasteiger partial charge on any atom is 0.416 e. The molecule has 0 N–H and O–H groups in total. The van der Waals surface area contributed by atoms with Crippen molar-refractivity contribution in [3.63, 3.8) is 0 Å². The van der Waals surface area contributed by atoms with Crippen molar-refractivity contribution in [1.29, 1.82) is 0 Å². The first-order valence-corrected chi connectivity index (χ1v) is 8.82. The Bertz CT molecular complexity index is 830. The second-order valence-corrected chi connectivity index (χ2v) is 6.97. The fourth-order valence-corrected chi connectivity index (χ4v) is 3.59. The molecule has 140 valence electrons. The molecule has 0 spiro atoms. The number of likely N-dealkylation sites (tertiary alicyclic amines) is 1. The van der Waals surface area contributed by atoms with Gasteiger partial charge in [-0.3, -0.25) is 4.79 Å². The summed E-state index contributed by atoms with van der Waals surface area (Å²) in [5.41, 5.74) is 3.31. The third kappa shape index (κ3) is 3.37. The molecule has 6 heteroatoms. The van der Waals surface area contributed by atoms with Gasteiger partial charge in [-0.2, -0.15) is 13.2 Å². The molecule has 3 nitrogen and oxygen atoms in total. The molecular weight excluding hydrogens is 341 g/mol. The molecule has 1 aliphatic heterocycles. The first-order valence-electron chi connectivity index (χ1n) is 8.82. The molecule has 0 unspecified atom stereocenters. The Balaban J connectivity index is 2.00. The van der Waals surface area contributed by atoms with Crippen molar-refractivity contribution in [2.45, 2.75) is 46.3 Å². The number of aromatic nitrogens is 1. The van der Waals surface area contributed by atoms with Crippen LogP contribution in [0.25, 0.3) is 0 Å². The summed E-state index contributed by atoms with van der Waals surface area (Å²) in [5.74, 6) is -0.0248. The average molecular weight is 364 g/mol. The summed E-state index contributed by atoms with van der Waals surface area (Å²) in [6, 6.07) is 5.31. The Morgan fingerprint density at radius 3 is 2.35 bits per heavy atom. The van der Waals surface area contributed by atoms with E-state index in [4.69, 9.17) is 0 Å². The Labute approximate surface area is 151 Å². The molecule has 0 saturated carbocycles. The number of halogens is 3. The molecular formula is C20H23F3N2O. The third-order valence-corrected chi connectivity index (χ3v) is 5.33.